The van der Waals surface area contributed by atoms with Crippen molar-refractivity contribution in [2.24, 2.45) is 0 Å². The van der Waals surface area contributed by atoms with Crippen molar-refractivity contribution in [2.75, 3.05) is 31.9 Å². The average molecular weight is 404 g/mol. The summed E-state index contributed by atoms with van der Waals surface area (Å²) in [5.74, 6) is -0.104. The summed E-state index contributed by atoms with van der Waals surface area (Å²) in [4.78, 5) is 24.2. The Morgan fingerprint density at radius 2 is 1.64 bits per heavy atom. The Morgan fingerprint density at radius 1 is 1.04 bits per heavy atom. The summed E-state index contributed by atoms with van der Waals surface area (Å²) < 4.78 is 26.8. The molecule has 28 heavy (non-hydrogen) atoms. The number of nitro benzene ring substituents is 1. The van der Waals surface area contributed by atoms with Crippen molar-refractivity contribution in [1.29, 1.82) is 0 Å². The molecule has 0 radical (unpaired) electrons. The number of nitro groups is 1. The SMILES string of the molecule is Nc1ccc(CC(=O)N2CCN(S(=O)(=O)c3ccccc3[N+](=O)[O-])CC2)cc1. The van der Waals surface area contributed by atoms with Crippen LogP contribution in [0.4, 0.5) is 11.4 Å². The number of amides is 1. The second kappa shape index (κ2) is 7.95. The molecule has 0 saturated carbocycles. The van der Waals surface area contributed by atoms with Crippen molar-refractivity contribution in [3.05, 3.63) is 64.2 Å². The predicted molar refractivity (Wildman–Crippen MR) is 103 cm³/mol. The maximum atomic E-state index is 12.8. The Hall–Kier alpha value is -2.98. The van der Waals surface area contributed by atoms with Gasteiger partial charge in [0, 0.05) is 37.9 Å². The van der Waals surface area contributed by atoms with Crippen molar-refractivity contribution in [3.63, 3.8) is 0 Å². The van der Waals surface area contributed by atoms with Crippen molar-refractivity contribution in [2.45, 2.75) is 11.3 Å². The van der Waals surface area contributed by atoms with Crippen molar-refractivity contribution in [1.82, 2.24) is 9.21 Å². The van der Waals surface area contributed by atoms with E-state index in [1.807, 2.05) is 0 Å². The number of para-hydroxylation sites is 1. The van der Waals surface area contributed by atoms with E-state index < -0.39 is 20.6 Å². The molecule has 0 unspecified atom stereocenters. The number of nitrogen functional groups attached to an aromatic ring is 1. The van der Waals surface area contributed by atoms with Crippen LogP contribution in [0.25, 0.3) is 0 Å². The van der Waals surface area contributed by atoms with Gasteiger partial charge in [0.1, 0.15) is 0 Å². The van der Waals surface area contributed by atoms with Crippen LogP contribution in [0.1, 0.15) is 5.56 Å². The van der Waals surface area contributed by atoms with E-state index >= 15 is 0 Å². The molecule has 0 spiro atoms. The van der Waals surface area contributed by atoms with E-state index in [-0.39, 0.29) is 43.4 Å². The van der Waals surface area contributed by atoms with Crippen LogP contribution in [0.15, 0.2) is 53.4 Å². The average Bonchev–Trinajstić information content (AvgIpc) is 2.69. The lowest BCUT2D eigenvalue weighted by Gasteiger charge is -2.34. The van der Waals surface area contributed by atoms with Gasteiger partial charge in [-0.3, -0.25) is 14.9 Å². The van der Waals surface area contributed by atoms with Gasteiger partial charge < -0.3 is 10.6 Å². The van der Waals surface area contributed by atoms with Gasteiger partial charge >= 0.3 is 0 Å². The Kier molecular flexibility index (Phi) is 5.61. The lowest BCUT2D eigenvalue weighted by Crippen LogP contribution is -2.50. The van der Waals surface area contributed by atoms with Crippen LogP contribution >= 0.6 is 0 Å². The summed E-state index contributed by atoms with van der Waals surface area (Å²) >= 11 is 0. The van der Waals surface area contributed by atoms with E-state index in [2.05, 4.69) is 0 Å². The van der Waals surface area contributed by atoms with Crippen LogP contribution in [0.3, 0.4) is 0 Å². The fourth-order valence-electron chi connectivity index (χ4n) is 3.06. The van der Waals surface area contributed by atoms with E-state index in [0.717, 1.165) is 5.56 Å². The number of anilines is 1. The van der Waals surface area contributed by atoms with Crippen molar-refractivity contribution < 1.29 is 18.1 Å². The Labute approximate surface area is 162 Å². The minimum absolute atomic E-state index is 0.0852. The van der Waals surface area contributed by atoms with E-state index in [4.69, 9.17) is 5.73 Å². The first-order valence-electron chi connectivity index (χ1n) is 8.65. The summed E-state index contributed by atoms with van der Waals surface area (Å²) in [6.07, 6.45) is 0.206. The predicted octanol–water partition coefficient (Wildman–Crippen LogP) is 1.25. The molecule has 2 aromatic rings. The zero-order valence-corrected chi connectivity index (χ0v) is 15.8. The number of piperazine rings is 1. The van der Waals surface area contributed by atoms with Gasteiger partial charge in [-0.2, -0.15) is 4.31 Å². The Morgan fingerprint density at radius 3 is 2.25 bits per heavy atom. The zero-order chi connectivity index (χ0) is 20.3. The maximum absolute atomic E-state index is 12.8. The van der Waals surface area contributed by atoms with Gasteiger partial charge in [0.15, 0.2) is 4.90 Å². The standard InChI is InChI=1S/C18H20N4O5S/c19-15-7-5-14(6-8-15)13-18(23)20-9-11-21(12-10-20)28(26,27)17-4-2-1-3-16(17)22(24)25/h1-8H,9-13,19H2. The second-order valence-corrected chi connectivity index (χ2v) is 8.33. The normalized spacial score (nSPS) is 15.4. The lowest BCUT2D eigenvalue weighted by molar-refractivity contribution is -0.387. The molecule has 148 valence electrons. The molecule has 1 fully saturated rings. The Bertz CT molecular complexity index is 983. The van der Waals surface area contributed by atoms with Gasteiger partial charge in [0.05, 0.1) is 11.3 Å². The van der Waals surface area contributed by atoms with Gasteiger partial charge in [-0.15, -0.1) is 0 Å². The molecule has 2 N–H and O–H groups in total. The summed E-state index contributed by atoms with van der Waals surface area (Å²) in [7, 11) is -4.01. The number of rotatable bonds is 5. The highest BCUT2D eigenvalue weighted by Gasteiger charge is 2.34. The van der Waals surface area contributed by atoms with Gasteiger partial charge in [0.25, 0.3) is 5.69 Å². The molecule has 1 amide bonds. The number of hydrogen-bond acceptors (Lipinski definition) is 6. The van der Waals surface area contributed by atoms with E-state index in [1.165, 1.54) is 28.6 Å². The largest absolute Gasteiger partial charge is 0.399 e. The van der Waals surface area contributed by atoms with Gasteiger partial charge in [0.2, 0.25) is 15.9 Å². The molecule has 1 saturated heterocycles. The third-order valence-electron chi connectivity index (χ3n) is 4.61. The number of benzene rings is 2. The van der Waals surface area contributed by atoms with Gasteiger partial charge in [-0.05, 0) is 23.8 Å². The molecule has 0 aromatic heterocycles. The van der Waals surface area contributed by atoms with E-state index in [9.17, 15) is 23.3 Å². The Balaban J connectivity index is 1.67. The first-order chi connectivity index (χ1) is 13.3. The summed E-state index contributed by atoms with van der Waals surface area (Å²) in [5.41, 5.74) is 6.62. The van der Waals surface area contributed by atoms with Crippen LogP contribution in [0.5, 0.6) is 0 Å². The second-order valence-electron chi connectivity index (χ2n) is 6.43. The molecule has 9 nitrogen and oxygen atoms in total. The number of carbonyl (C=O) groups is 1. The van der Waals surface area contributed by atoms with Crippen LogP contribution < -0.4 is 5.73 Å². The molecule has 1 heterocycles. The van der Waals surface area contributed by atoms with Crippen LogP contribution in [-0.2, 0) is 21.2 Å². The van der Waals surface area contributed by atoms with E-state index in [1.54, 1.807) is 29.2 Å². The fraction of sp³-hybridized carbons (Fsp3) is 0.278. The summed E-state index contributed by atoms with van der Waals surface area (Å²) in [6.45, 7) is 0.630. The molecule has 0 aliphatic carbocycles. The van der Waals surface area contributed by atoms with Gasteiger partial charge in [-0.1, -0.05) is 24.3 Å². The molecule has 0 atom stereocenters. The highest BCUT2D eigenvalue weighted by molar-refractivity contribution is 7.89. The first-order valence-corrected chi connectivity index (χ1v) is 10.1. The molecule has 10 heteroatoms. The van der Waals surface area contributed by atoms with Crippen molar-refractivity contribution >= 4 is 27.3 Å². The third kappa shape index (κ3) is 4.12. The van der Waals surface area contributed by atoms with Crippen LogP contribution in [0, 0.1) is 10.1 Å². The molecule has 0 bridgehead atoms. The molecule has 1 aliphatic heterocycles. The van der Waals surface area contributed by atoms with Gasteiger partial charge in [-0.25, -0.2) is 8.42 Å². The smallest absolute Gasteiger partial charge is 0.289 e. The highest BCUT2D eigenvalue weighted by atomic mass is 32.2. The molecule has 1 aliphatic rings. The molecule has 2 aromatic carbocycles. The number of carbonyl (C=O) groups excluding carboxylic acids is 1. The summed E-state index contributed by atoms with van der Waals surface area (Å²) in [6, 6.07) is 12.3. The number of hydrogen-bond donors (Lipinski definition) is 1. The fourth-order valence-corrected chi connectivity index (χ4v) is 4.64. The first kappa shape index (κ1) is 19.8. The minimum Gasteiger partial charge on any atom is -0.399 e. The summed E-state index contributed by atoms with van der Waals surface area (Å²) in [5, 5.41) is 11.1. The molecule has 3 rings (SSSR count). The van der Waals surface area contributed by atoms with E-state index in [0.29, 0.717) is 5.69 Å². The molecular formula is C18H20N4O5S. The van der Waals surface area contributed by atoms with Crippen LogP contribution in [0.2, 0.25) is 0 Å². The zero-order valence-electron chi connectivity index (χ0n) is 15.0. The number of nitrogens with zero attached hydrogens (tertiary/aromatic N) is 3. The number of nitrogens with two attached hydrogens (primary N) is 1. The topological polar surface area (TPSA) is 127 Å². The van der Waals surface area contributed by atoms with Crippen LogP contribution in [-0.4, -0.2) is 54.6 Å². The highest BCUT2D eigenvalue weighted by Crippen LogP contribution is 2.27. The van der Waals surface area contributed by atoms with Crippen molar-refractivity contribution in [3.8, 4) is 0 Å². The lowest BCUT2D eigenvalue weighted by atomic mass is 10.1. The maximum Gasteiger partial charge on any atom is 0.289 e. The monoisotopic (exact) mass is 404 g/mol. The third-order valence-corrected chi connectivity index (χ3v) is 6.55. The molecular weight excluding hydrogens is 384 g/mol. The minimum atomic E-state index is -4.01. The number of sulfonamides is 1. The quantitative estimate of drug-likeness (QED) is 0.454.